The van der Waals surface area contributed by atoms with Crippen molar-refractivity contribution in [1.82, 2.24) is 10.3 Å². The minimum Gasteiger partial charge on any atom is -0.310 e. The van der Waals surface area contributed by atoms with Crippen LogP contribution in [0.25, 0.3) is 0 Å². The van der Waals surface area contributed by atoms with Crippen molar-refractivity contribution >= 4 is 0 Å². The first-order chi connectivity index (χ1) is 5.38. The summed E-state index contributed by atoms with van der Waals surface area (Å²) in [6, 6.07) is 2.70. The fraction of sp³-hybridized carbons (Fsp3) is 0.444. The summed E-state index contributed by atoms with van der Waals surface area (Å²) in [6.07, 6.45) is 5.06. The molecule has 0 spiro atoms. The summed E-state index contributed by atoms with van der Waals surface area (Å²) in [5.41, 5.74) is 2.70. The van der Waals surface area contributed by atoms with Crippen LogP contribution in [-0.4, -0.2) is 11.5 Å². The molecule has 0 amide bonds. The normalized spacial score (nSPS) is 22.8. The molecule has 1 aromatic heterocycles. The molecule has 1 saturated heterocycles. The van der Waals surface area contributed by atoms with Crippen molar-refractivity contribution < 1.29 is 0 Å². The van der Waals surface area contributed by atoms with Gasteiger partial charge in [0.1, 0.15) is 0 Å². The highest BCUT2D eigenvalue weighted by molar-refractivity contribution is 5.26. The standard InChI is InChI=1S/C9H12N2/c1-7-6-10-4-2-8(7)9-3-5-11-9/h2,4,6,9,11H,3,5H2,1H3. The molecule has 0 saturated carbocycles. The number of nitrogens with one attached hydrogen (secondary N) is 1. The van der Waals surface area contributed by atoms with E-state index in [4.69, 9.17) is 0 Å². The molecule has 11 heavy (non-hydrogen) atoms. The number of hydrogen-bond acceptors (Lipinski definition) is 2. The van der Waals surface area contributed by atoms with Crippen LogP contribution in [0.4, 0.5) is 0 Å². The van der Waals surface area contributed by atoms with Gasteiger partial charge in [0.25, 0.3) is 0 Å². The van der Waals surface area contributed by atoms with E-state index in [0.717, 1.165) is 6.54 Å². The van der Waals surface area contributed by atoms with E-state index in [1.807, 2.05) is 12.4 Å². The van der Waals surface area contributed by atoms with Crippen LogP contribution in [-0.2, 0) is 0 Å². The molecule has 2 rings (SSSR count). The molecule has 2 heteroatoms. The fourth-order valence-corrected chi connectivity index (χ4v) is 1.43. The predicted octanol–water partition coefficient (Wildman–Crippen LogP) is 1.42. The SMILES string of the molecule is Cc1cnccc1C1CCN1. The molecule has 1 aromatic rings. The Hall–Kier alpha value is -0.890. The van der Waals surface area contributed by atoms with E-state index in [1.165, 1.54) is 17.5 Å². The van der Waals surface area contributed by atoms with Crippen LogP contribution in [0.15, 0.2) is 18.5 Å². The van der Waals surface area contributed by atoms with Crippen LogP contribution in [0.1, 0.15) is 23.6 Å². The van der Waals surface area contributed by atoms with E-state index in [1.54, 1.807) is 0 Å². The van der Waals surface area contributed by atoms with Gasteiger partial charge in [0.05, 0.1) is 0 Å². The van der Waals surface area contributed by atoms with Crippen LogP contribution in [0, 0.1) is 6.92 Å². The van der Waals surface area contributed by atoms with Gasteiger partial charge in [-0.2, -0.15) is 0 Å². The summed E-state index contributed by atoms with van der Waals surface area (Å²) in [5, 5.41) is 3.37. The van der Waals surface area contributed by atoms with Crippen molar-refractivity contribution in [3.63, 3.8) is 0 Å². The number of nitrogens with zero attached hydrogens (tertiary/aromatic N) is 1. The van der Waals surface area contributed by atoms with Gasteiger partial charge in [-0.25, -0.2) is 0 Å². The van der Waals surface area contributed by atoms with Crippen LogP contribution in [0.5, 0.6) is 0 Å². The first kappa shape index (κ1) is 6.80. The van der Waals surface area contributed by atoms with Gasteiger partial charge in [-0.3, -0.25) is 4.98 Å². The lowest BCUT2D eigenvalue weighted by atomic mass is 9.96. The lowest BCUT2D eigenvalue weighted by Gasteiger charge is -2.28. The third kappa shape index (κ3) is 1.14. The molecule has 1 atom stereocenters. The molecule has 1 unspecified atom stereocenters. The summed E-state index contributed by atoms with van der Waals surface area (Å²) in [4.78, 5) is 4.06. The van der Waals surface area contributed by atoms with Gasteiger partial charge in [0.15, 0.2) is 0 Å². The van der Waals surface area contributed by atoms with E-state index in [0.29, 0.717) is 6.04 Å². The topological polar surface area (TPSA) is 24.9 Å². The smallest absolute Gasteiger partial charge is 0.0336 e. The van der Waals surface area contributed by atoms with Crippen molar-refractivity contribution in [2.75, 3.05) is 6.54 Å². The molecular weight excluding hydrogens is 136 g/mol. The number of aromatic nitrogens is 1. The molecule has 0 bridgehead atoms. The van der Waals surface area contributed by atoms with Crippen molar-refractivity contribution in [2.24, 2.45) is 0 Å². The molecule has 1 N–H and O–H groups in total. The van der Waals surface area contributed by atoms with Gasteiger partial charge in [-0.15, -0.1) is 0 Å². The minimum atomic E-state index is 0.595. The lowest BCUT2D eigenvalue weighted by molar-refractivity contribution is 0.381. The van der Waals surface area contributed by atoms with Gasteiger partial charge in [0, 0.05) is 18.4 Å². The Balaban J connectivity index is 2.28. The second kappa shape index (κ2) is 2.62. The van der Waals surface area contributed by atoms with Gasteiger partial charge in [0.2, 0.25) is 0 Å². The highest BCUT2D eigenvalue weighted by atomic mass is 15.0. The van der Waals surface area contributed by atoms with Crippen molar-refractivity contribution in [3.8, 4) is 0 Å². The zero-order valence-electron chi connectivity index (χ0n) is 6.67. The summed E-state index contributed by atoms with van der Waals surface area (Å²) >= 11 is 0. The molecule has 0 aliphatic carbocycles. The Morgan fingerprint density at radius 3 is 3.00 bits per heavy atom. The average molecular weight is 148 g/mol. The summed E-state index contributed by atoms with van der Waals surface area (Å²) < 4.78 is 0. The average Bonchev–Trinajstić information content (AvgIpc) is 1.90. The highest BCUT2D eigenvalue weighted by Gasteiger charge is 2.19. The van der Waals surface area contributed by atoms with Crippen LogP contribution >= 0.6 is 0 Å². The first-order valence-electron chi connectivity index (χ1n) is 4.02. The number of hydrogen-bond donors (Lipinski definition) is 1. The number of pyridine rings is 1. The quantitative estimate of drug-likeness (QED) is 0.651. The molecule has 58 valence electrons. The van der Waals surface area contributed by atoms with Gasteiger partial charge in [-0.05, 0) is 37.1 Å². The van der Waals surface area contributed by atoms with Crippen molar-refractivity contribution in [3.05, 3.63) is 29.6 Å². The van der Waals surface area contributed by atoms with E-state index in [2.05, 4.69) is 23.3 Å². The predicted molar refractivity (Wildman–Crippen MR) is 44.3 cm³/mol. The summed E-state index contributed by atoms with van der Waals surface area (Å²) in [5.74, 6) is 0. The van der Waals surface area contributed by atoms with Crippen molar-refractivity contribution in [2.45, 2.75) is 19.4 Å². The lowest BCUT2D eigenvalue weighted by Crippen LogP contribution is -2.35. The van der Waals surface area contributed by atoms with E-state index < -0.39 is 0 Å². The molecule has 2 nitrogen and oxygen atoms in total. The van der Waals surface area contributed by atoms with Crippen LogP contribution < -0.4 is 5.32 Å². The van der Waals surface area contributed by atoms with Crippen LogP contribution in [0.3, 0.4) is 0 Å². The monoisotopic (exact) mass is 148 g/mol. The summed E-state index contributed by atoms with van der Waals surface area (Å²) in [6.45, 7) is 3.27. The Morgan fingerprint density at radius 2 is 2.45 bits per heavy atom. The molecule has 1 aliphatic rings. The Bertz CT molecular complexity index is 253. The summed E-state index contributed by atoms with van der Waals surface area (Å²) in [7, 11) is 0. The molecular formula is C9H12N2. The molecule has 0 aromatic carbocycles. The molecule has 0 radical (unpaired) electrons. The highest BCUT2D eigenvalue weighted by Crippen LogP contribution is 2.24. The molecule has 1 aliphatic heterocycles. The van der Waals surface area contributed by atoms with Gasteiger partial charge < -0.3 is 5.32 Å². The van der Waals surface area contributed by atoms with Gasteiger partial charge >= 0.3 is 0 Å². The number of rotatable bonds is 1. The van der Waals surface area contributed by atoms with Gasteiger partial charge in [-0.1, -0.05) is 0 Å². The van der Waals surface area contributed by atoms with Crippen molar-refractivity contribution in [1.29, 1.82) is 0 Å². The Labute approximate surface area is 66.7 Å². The largest absolute Gasteiger partial charge is 0.310 e. The first-order valence-corrected chi connectivity index (χ1v) is 4.02. The Morgan fingerprint density at radius 1 is 1.64 bits per heavy atom. The Kier molecular flexibility index (Phi) is 1.62. The fourth-order valence-electron chi connectivity index (χ4n) is 1.43. The minimum absolute atomic E-state index is 0.595. The zero-order valence-corrected chi connectivity index (χ0v) is 6.67. The third-order valence-corrected chi connectivity index (χ3v) is 2.26. The van der Waals surface area contributed by atoms with Crippen LogP contribution in [0.2, 0.25) is 0 Å². The maximum absolute atomic E-state index is 4.06. The van der Waals surface area contributed by atoms with E-state index in [-0.39, 0.29) is 0 Å². The molecule has 1 fully saturated rings. The molecule has 2 heterocycles. The van der Waals surface area contributed by atoms with E-state index >= 15 is 0 Å². The second-order valence-electron chi connectivity index (χ2n) is 3.03. The maximum Gasteiger partial charge on any atom is 0.0336 e. The second-order valence-corrected chi connectivity index (χ2v) is 3.03. The third-order valence-electron chi connectivity index (χ3n) is 2.26. The maximum atomic E-state index is 4.06. The number of aryl methyl sites for hydroxylation is 1. The van der Waals surface area contributed by atoms with E-state index in [9.17, 15) is 0 Å². The zero-order chi connectivity index (χ0) is 7.68.